The van der Waals surface area contributed by atoms with Crippen LogP contribution in [0, 0.1) is 13.8 Å². The highest BCUT2D eigenvalue weighted by atomic mass is 14.9. The van der Waals surface area contributed by atoms with Crippen molar-refractivity contribution in [1.29, 1.82) is 0 Å². The van der Waals surface area contributed by atoms with Crippen molar-refractivity contribution in [2.45, 2.75) is 60.4 Å². The van der Waals surface area contributed by atoms with Gasteiger partial charge >= 0.3 is 0 Å². The second-order valence-corrected chi connectivity index (χ2v) is 6.63. The zero-order valence-corrected chi connectivity index (χ0v) is 17.3. The molecule has 1 unspecified atom stereocenters. The van der Waals surface area contributed by atoms with E-state index in [1.54, 1.807) is 0 Å². The van der Waals surface area contributed by atoms with E-state index in [1.807, 2.05) is 27.0 Å². The van der Waals surface area contributed by atoms with E-state index in [4.69, 9.17) is 0 Å². The summed E-state index contributed by atoms with van der Waals surface area (Å²) in [5, 5.41) is 3.45. The predicted octanol–water partition coefficient (Wildman–Crippen LogP) is 6.91. The van der Waals surface area contributed by atoms with Crippen molar-refractivity contribution in [2.75, 3.05) is 0 Å². The Kier molecular flexibility index (Phi) is 8.84. The van der Waals surface area contributed by atoms with Crippen molar-refractivity contribution in [1.82, 2.24) is 10.3 Å². The lowest BCUT2D eigenvalue weighted by molar-refractivity contribution is 0.571. The minimum atomic E-state index is 0.112. The molecule has 1 aromatic heterocycles. The molecule has 0 radical (unpaired) electrons. The van der Waals surface area contributed by atoms with Gasteiger partial charge in [0.15, 0.2) is 0 Å². The van der Waals surface area contributed by atoms with Crippen molar-refractivity contribution in [2.24, 2.45) is 0 Å². The maximum Gasteiger partial charge on any atom is 0.0719 e. The van der Waals surface area contributed by atoms with Crippen molar-refractivity contribution < 1.29 is 0 Å². The molecule has 0 fully saturated rings. The molecule has 0 aliphatic carbocycles. The Labute approximate surface area is 160 Å². The third-order valence-electron chi connectivity index (χ3n) is 4.11. The van der Waals surface area contributed by atoms with E-state index in [0.717, 1.165) is 24.2 Å². The van der Waals surface area contributed by atoms with E-state index in [0.29, 0.717) is 0 Å². The third kappa shape index (κ3) is 6.51. The van der Waals surface area contributed by atoms with Gasteiger partial charge in [-0.1, -0.05) is 68.8 Å². The van der Waals surface area contributed by atoms with Crippen LogP contribution < -0.4 is 5.32 Å². The molecule has 1 aromatic carbocycles. The van der Waals surface area contributed by atoms with Crippen LogP contribution in [0.3, 0.4) is 0 Å². The molecule has 1 N–H and O–H groups in total. The maximum atomic E-state index is 4.61. The van der Waals surface area contributed by atoms with Crippen LogP contribution in [-0.4, -0.2) is 4.98 Å². The summed E-state index contributed by atoms with van der Waals surface area (Å²) < 4.78 is 0. The van der Waals surface area contributed by atoms with Gasteiger partial charge in [-0.2, -0.15) is 0 Å². The summed E-state index contributed by atoms with van der Waals surface area (Å²) in [5.74, 6) is 0. The molecule has 2 nitrogen and oxygen atoms in total. The third-order valence-corrected chi connectivity index (χ3v) is 4.11. The van der Waals surface area contributed by atoms with Crippen molar-refractivity contribution in [3.05, 3.63) is 77.8 Å². The molecule has 2 aromatic rings. The van der Waals surface area contributed by atoms with E-state index < -0.39 is 0 Å². The average Bonchev–Trinajstić information content (AvgIpc) is 2.61. The van der Waals surface area contributed by atoms with Crippen LogP contribution >= 0.6 is 0 Å². The summed E-state index contributed by atoms with van der Waals surface area (Å²) in [6.45, 7) is 20.5. The first-order valence-electron chi connectivity index (χ1n) is 9.52. The van der Waals surface area contributed by atoms with Crippen molar-refractivity contribution in [3.63, 3.8) is 0 Å². The van der Waals surface area contributed by atoms with E-state index in [1.165, 1.54) is 27.8 Å². The Morgan fingerprint density at radius 1 is 1.04 bits per heavy atom. The number of nitrogens with one attached hydrogen (secondary N) is 1. The van der Waals surface area contributed by atoms with Gasteiger partial charge in [-0.15, -0.1) is 0 Å². The van der Waals surface area contributed by atoms with E-state index in [-0.39, 0.29) is 6.04 Å². The Bertz CT molecular complexity index is 723. The fraction of sp³-hybridized carbons (Fsp3) is 0.375. The number of aromatic nitrogens is 1. The number of allylic oxidation sites excluding steroid dienone is 1. The molecule has 0 aliphatic heterocycles. The first-order chi connectivity index (χ1) is 12.4. The van der Waals surface area contributed by atoms with Crippen LogP contribution in [0.5, 0.6) is 0 Å². The standard InChI is InChI=1S/C22H28N2.C2H6/c1-7-16(4)13-22(24-15(2)3)21-14-19(8-9-23-21)20-11-17(5)10-18(6)12-20;1-2/h8-12,14,22,24H,2,4,7,13H2,1,3,5-6H3;1-2H3. The molecule has 1 heterocycles. The van der Waals surface area contributed by atoms with Gasteiger partial charge in [0, 0.05) is 11.9 Å². The summed E-state index contributed by atoms with van der Waals surface area (Å²) in [7, 11) is 0. The number of hydrogen-bond acceptors (Lipinski definition) is 2. The lowest BCUT2D eigenvalue weighted by atomic mass is 9.97. The Hall–Kier alpha value is -2.35. The number of hydrogen-bond donors (Lipinski definition) is 1. The Balaban J connectivity index is 0.00000163. The molecule has 0 saturated heterocycles. The van der Waals surface area contributed by atoms with Gasteiger partial charge < -0.3 is 5.32 Å². The fourth-order valence-corrected chi connectivity index (χ4v) is 2.92. The van der Waals surface area contributed by atoms with Gasteiger partial charge in [0.25, 0.3) is 0 Å². The van der Waals surface area contributed by atoms with Gasteiger partial charge in [-0.05, 0) is 56.9 Å². The first kappa shape index (κ1) is 21.7. The zero-order valence-electron chi connectivity index (χ0n) is 17.3. The molecule has 0 bridgehead atoms. The molecular formula is C24H34N2. The SMILES string of the molecule is C=C(CC)CC(NC(=C)C)c1cc(-c2cc(C)cc(C)c2)ccn1.CC. The lowest BCUT2D eigenvalue weighted by Gasteiger charge is -2.21. The van der Waals surface area contributed by atoms with Crippen LogP contribution in [0.2, 0.25) is 0 Å². The molecule has 1 atom stereocenters. The number of pyridine rings is 1. The topological polar surface area (TPSA) is 24.9 Å². The summed E-state index contributed by atoms with van der Waals surface area (Å²) in [6, 6.07) is 11.0. The number of benzene rings is 1. The van der Waals surface area contributed by atoms with Gasteiger partial charge in [0.1, 0.15) is 0 Å². The van der Waals surface area contributed by atoms with E-state index in [9.17, 15) is 0 Å². The smallest absolute Gasteiger partial charge is 0.0719 e. The van der Waals surface area contributed by atoms with Crippen molar-refractivity contribution >= 4 is 0 Å². The van der Waals surface area contributed by atoms with E-state index >= 15 is 0 Å². The minimum Gasteiger partial charge on any atom is -0.380 e. The molecule has 140 valence electrons. The highest BCUT2D eigenvalue weighted by Gasteiger charge is 2.14. The first-order valence-corrected chi connectivity index (χ1v) is 9.52. The highest BCUT2D eigenvalue weighted by Crippen LogP contribution is 2.27. The Morgan fingerprint density at radius 3 is 2.19 bits per heavy atom. The fourth-order valence-electron chi connectivity index (χ4n) is 2.92. The normalized spacial score (nSPS) is 11.2. The van der Waals surface area contributed by atoms with Gasteiger partial charge in [0.2, 0.25) is 0 Å². The molecule has 0 amide bonds. The Morgan fingerprint density at radius 2 is 1.65 bits per heavy atom. The summed E-state index contributed by atoms with van der Waals surface area (Å²) in [6.07, 6.45) is 3.74. The quantitative estimate of drug-likeness (QED) is 0.549. The summed E-state index contributed by atoms with van der Waals surface area (Å²) in [4.78, 5) is 4.61. The molecular weight excluding hydrogens is 316 g/mol. The van der Waals surface area contributed by atoms with E-state index in [2.05, 4.69) is 74.6 Å². The summed E-state index contributed by atoms with van der Waals surface area (Å²) in [5.41, 5.74) is 8.18. The molecule has 2 heteroatoms. The van der Waals surface area contributed by atoms with Crippen LogP contribution in [0.1, 0.15) is 63.4 Å². The van der Waals surface area contributed by atoms with Gasteiger partial charge in [-0.3, -0.25) is 4.98 Å². The number of rotatable bonds is 7. The van der Waals surface area contributed by atoms with Gasteiger partial charge in [-0.25, -0.2) is 0 Å². The molecule has 0 spiro atoms. The lowest BCUT2D eigenvalue weighted by Crippen LogP contribution is -2.20. The largest absolute Gasteiger partial charge is 0.380 e. The monoisotopic (exact) mass is 350 g/mol. The zero-order chi connectivity index (χ0) is 19.7. The second kappa shape index (κ2) is 10.6. The highest BCUT2D eigenvalue weighted by molar-refractivity contribution is 5.65. The number of nitrogens with zero attached hydrogens (tertiary/aromatic N) is 1. The summed E-state index contributed by atoms with van der Waals surface area (Å²) >= 11 is 0. The maximum absolute atomic E-state index is 4.61. The number of aryl methyl sites for hydroxylation is 2. The van der Waals surface area contributed by atoms with Crippen LogP contribution in [-0.2, 0) is 0 Å². The van der Waals surface area contributed by atoms with Crippen molar-refractivity contribution in [3.8, 4) is 11.1 Å². The molecule has 0 saturated carbocycles. The molecule has 2 rings (SSSR count). The van der Waals surface area contributed by atoms with Crippen LogP contribution in [0.4, 0.5) is 0 Å². The molecule has 0 aliphatic rings. The molecule has 26 heavy (non-hydrogen) atoms. The second-order valence-electron chi connectivity index (χ2n) is 6.63. The van der Waals surface area contributed by atoms with Crippen LogP contribution in [0.15, 0.2) is 61.0 Å². The van der Waals surface area contributed by atoms with Gasteiger partial charge in [0.05, 0.1) is 11.7 Å². The van der Waals surface area contributed by atoms with Crippen LogP contribution in [0.25, 0.3) is 11.1 Å². The predicted molar refractivity (Wildman–Crippen MR) is 115 cm³/mol. The average molecular weight is 351 g/mol. The minimum absolute atomic E-state index is 0.112.